The first-order chi connectivity index (χ1) is 11.5. The van der Waals surface area contributed by atoms with E-state index in [-0.39, 0.29) is 11.7 Å². The van der Waals surface area contributed by atoms with Gasteiger partial charge in [0.25, 0.3) is 0 Å². The van der Waals surface area contributed by atoms with Crippen LogP contribution in [0.15, 0.2) is 42.5 Å². The van der Waals surface area contributed by atoms with Crippen molar-refractivity contribution in [1.82, 2.24) is 4.90 Å². The van der Waals surface area contributed by atoms with Gasteiger partial charge < -0.3 is 9.64 Å². The van der Waals surface area contributed by atoms with E-state index in [0.29, 0.717) is 19.6 Å². The molecule has 0 aromatic heterocycles. The van der Waals surface area contributed by atoms with E-state index in [4.69, 9.17) is 4.74 Å². The molecule has 0 spiro atoms. The molecule has 4 nitrogen and oxygen atoms in total. The Morgan fingerprint density at radius 3 is 2.71 bits per heavy atom. The van der Waals surface area contributed by atoms with Crippen LogP contribution in [-0.4, -0.2) is 37.6 Å². The fourth-order valence-corrected chi connectivity index (χ4v) is 3.07. The van der Waals surface area contributed by atoms with Gasteiger partial charge in [-0.05, 0) is 42.3 Å². The van der Waals surface area contributed by atoms with E-state index in [1.54, 1.807) is 12.0 Å². The quantitative estimate of drug-likeness (QED) is 0.865. The summed E-state index contributed by atoms with van der Waals surface area (Å²) in [6, 6.07) is 12.5. The summed E-state index contributed by atoms with van der Waals surface area (Å²) in [5.41, 5.74) is 2.64. The number of carbonyl (C=O) groups excluding carboxylic acids is 1. The Labute approximate surface area is 141 Å². The van der Waals surface area contributed by atoms with E-state index in [1.807, 2.05) is 42.2 Å². The van der Waals surface area contributed by atoms with E-state index in [0.717, 1.165) is 29.1 Å². The molecule has 24 heavy (non-hydrogen) atoms. The number of hydrogen-bond donors (Lipinski definition) is 0. The lowest BCUT2D eigenvalue weighted by Crippen LogP contribution is -2.50. The highest BCUT2D eigenvalue weighted by atomic mass is 19.1. The van der Waals surface area contributed by atoms with Crippen LogP contribution in [0, 0.1) is 12.7 Å². The molecule has 1 aliphatic rings. The Morgan fingerprint density at radius 1 is 1.17 bits per heavy atom. The van der Waals surface area contributed by atoms with Gasteiger partial charge in [-0.1, -0.05) is 12.1 Å². The van der Waals surface area contributed by atoms with Gasteiger partial charge in [-0.3, -0.25) is 9.69 Å². The molecule has 1 fully saturated rings. The SMILES string of the molecule is COc1cccc(N2CCN(Cc3cc(C)cc(F)c3)CC2=O)c1. The van der Waals surface area contributed by atoms with Gasteiger partial charge in [-0.2, -0.15) is 0 Å². The van der Waals surface area contributed by atoms with Crippen LogP contribution in [0.4, 0.5) is 10.1 Å². The topological polar surface area (TPSA) is 32.8 Å². The van der Waals surface area contributed by atoms with Gasteiger partial charge in [-0.25, -0.2) is 4.39 Å². The lowest BCUT2D eigenvalue weighted by molar-refractivity contribution is -0.121. The predicted molar refractivity (Wildman–Crippen MR) is 91.8 cm³/mol. The molecule has 2 aromatic carbocycles. The maximum Gasteiger partial charge on any atom is 0.241 e. The monoisotopic (exact) mass is 328 g/mol. The van der Waals surface area contributed by atoms with Crippen LogP contribution < -0.4 is 9.64 Å². The molecular weight excluding hydrogens is 307 g/mol. The number of amides is 1. The summed E-state index contributed by atoms with van der Waals surface area (Å²) in [6.07, 6.45) is 0. The molecule has 1 aliphatic heterocycles. The molecule has 126 valence electrons. The third-order valence-corrected chi connectivity index (χ3v) is 4.17. The Hall–Kier alpha value is -2.40. The standard InChI is InChI=1S/C19H21FN2O2/c1-14-8-15(10-16(20)9-14)12-21-6-7-22(19(23)13-21)17-4-3-5-18(11-17)24-2/h3-5,8-11H,6-7,12-13H2,1-2H3. The van der Waals surface area contributed by atoms with Gasteiger partial charge in [0.1, 0.15) is 11.6 Å². The second kappa shape index (κ2) is 7.01. The highest BCUT2D eigenvalue weighted by Gasteiger charge is 2.25. The van der Waals surface area contributed by atoms with Crippen molar-refractivity contribution in [3.63, 3.8) is 0 Å². The average molecular weight is 328 g/mol. The second-order valence-corrected chi connectivity index (χ2v) is 6.09. The lowest BCUT2D eigenvalue weighted by atomic mass is 10.1. The first kappa shape index (κ1) is 16.5. The van der Waals surface area contributed by atoms with Crippen LogP contribution >= 0.6 is 0 Å². The van der Waals surface area contributed by atoms with Crippen molar-refractivity contribution in [3.8, 4) is 5.75 Å². The van der Waals surface area contributed by atoms with Crippen molar-refractivity contribution in [1.29, 1.82) is 0 Å². The second-order valence-electron chi connectivity index (χ2n) is 6.09. The van der Waals surface area contributed by atoms with Gasteiger partial charge in [0.05, 0.1) is 13.7 Å². The molecule has 1 amide bonds. The number of hydrogen-bond acceptors (Lipinski definition) is 3. The summed E-state index contributed by atoms with van der Waals surface area (Å²) in [5.74, 6) is 0.548. The third kappa shape index (κ3) is 3.74. The molecule has 5 heteroatoms. The summed E-state index contributed by atoms with van der Waals surface area (Å²) in [5, 5.41) is 0. The zero-order chi connectivity index (χ0) is 17.1. The molecule has 0 N–H and O–H groups in total. The Balaban J connectivity index is 1.67. The average Bonchev–Trinajstić information content (AvgIpc) is 2.54. The summed E-state index contributed by atoms with van der Waals surface area (Å²) < 4.78 is 18.7. The Morgan fingerprint density at radius 2 is 2.00 bits per heavy atom. The van der Waals surface area contributed by atoms with Crippen molar-refractivity contribution in [2.24, 2.45) is 0 Å². The van der Waals surface area contributed by atoms with Crippen LogP contribution in [0.3, 0.4) is 0 Å². The van der Waals surface area contributed by atoms with E-state index in [9.17, 15) is 9.18 Å². The number of ether oxygens (including phenoxy) is 1. The first-order valence-electron chi connectivity index (χ1n) is 7.98. The normalized spacial score (nSPS) is 15.6. The van der Waals surface area contributed by atoms with Gasteiger partial charge in [0.15, 0.2) is 0 Å². The number of piperazine rings is 1. The number of anilines is 1. The highest BCUT2D eigenvalue weighted by molar-refractivity contribution is 5.95. The fourth-order valence-electron chi connectivity index (χ4n) is 3.07. The Bertz CT molecular complexity index is 728. The van der Waals surface area contributed by atoms with Crippen LogP contribution in [0.2, 0.25) is 0 Å². The maximum atomic E-state index is 13.5. The van der Waals surface area contributed by atoms with E-state index >= 15 is 0 Å². The highest BCUT2D eigenvalue weighted by Crippen LogP contribution is 2.23. The van der Waals surface area contributed by atoms with Gasteiger partial charge >= 0.3 is 0 Å². The third-order valence-electron chi connectivity index (χ3n) is 4.17. The molecule has 3 rings (SSSR count). The molecule has 0 bridgehead atoms. The zero-order valence-corrected chi connectivity index (χ0v) is 14.0. The number of halogens is 1. The summed E-state index contributed by atoms with van der Waals surface area (Å²) in [7, 11) is 1.61. The molecule has 0 unspecified atom stereocenters. The number of nitrogens with zero attached hydrogens (tertiary/aromatic N) is 2. The van der Waals surface area contributed by atoms with Crippen LogP contribution in [-0.2, 0) is 11.3 Å². The first-order valence-corrected chi connectivity index (χ1v) is 7.98. The molecule has 1 heterocycles. The molecule has 1 saturated heterocycles. The number of methoxy groups -OCH3 is 1. The van der Waals surface area contributed by atoms with Crippen molar-refractivity contribution in [3.05, 3.63) is 59.4 Å². The van der Waals surface area contributed by atoms with Crippen LogP contribution in [0.25, 0.3) is 0 Å². The minimum Gasteiger partial charge on any atom is -0.497 e. The summed E-state index contributed by atoms with van der Waals surface area (Å²) >= 11 is 0. The number of rotatable bonds is 4. The zero-order valence-electron chi connectivity index (χ0n) is 14.0. The Kier molecular flexibility index (Phi) is 4.81. The molecule has 2 aromatic rings. The van der Waals surface area contributed by atoms with E-state index in [1.165, 1.54) is 12.1 Å². The number of carbonyl (C=O) groups is 1. The number of aryl methyl sites for hydroxylation is 1. The van der Waals surface area contributed by atoms with Crippen molar-refractivity contribution in [2.75, 3.05) is 31.6 Å². The number of benzene rings is 2. The van der Waals surface area contributed by atoms with E-state index < -0.39 is 0 Å². The molecule has 0 atom stereocenters. The lowest BCUT2D eigenvalue weighted by Gasteiger charge is -2.34. The molecular formula is C19H21FN2O2. The fraction of sp³-hybridized carbons (Fsp3) is 0.316. The maximum absolute atomic E-state index is 13.5. The smallest absolute Gasteiger partial charge is 0.241 e. The minimum absolute atomic E-state index is 0.0441. The summed E-state index contributed by atoms with van der Waals surface area (Å²) in [6.45, 7) is 4.14. The van der Waals surface area contributed by atoms with Crippen LogP contribution in [0.1, 0.15) is 11.1 Å². The van der Waals surface area contributed by atoms with Crippen molar-refractivity contribution < 1.29 is 13.9 Å². The molecule has 0 saturated carbocycles. The van der Waals surface area contributed by atoms with Crippen molar-refractivity contribution >= 4 is 11.6 Å². The molecule has 0 aliphatic carbocycles. The predicted octanol–water partition coefficient (Wildman–Crippen LogP) is 2.99. The van der Waals surface area contributed by atoms with Crippen LogP contribution in [0.5, 0.6) is 5.75 Å². The minimum atomic E-state index is -0.230. The van der Waals surface area contributed by atoms with Gasteiger partial charge in [0.2, 0.25) is 5.91 Å². The van der Waals surface area contributed by atoms with Crippen molar-refractivity contribution in [2.45, 2.75) is 13.5 Å². The van der Waals surface area contributed by atoms with Gasteiger partial charge in [-0.15, -0.1) is 0 Å². The van der Waals surface area contributed by atoms with E-state index in [2.05, 4.69) is 0 Å². The molecule has 0 radical (unpaired) electrons. The largest absolute Gasteiger partial charge is 0.497 e. The summed E-state index contributed by atoms with van der Waals surface area (Å²) in [4.78, 5) is 16.3. The van der Waals surface area contributed by atoms with Gasteiger partial charge in [0, 0.05) is 31.4 Å².